The van der Waals surface area contributed by atoms with Gasteiger partial charge < -0.3 is 15.6 Å². The second-order valence-corrected chi connectivity index (χ2v) is 4.33. The van der Waals surface area contributed by atoms with E-state index in [4.69, 9.17) is 22.1 Å². The zero-order valence-corrected chi connectivity index (χ0v) is 10.6. The van der Waals surface area contributed by atoms with Crippen molar-refractivity contribution < 1.29 is 9.84 Å². The molecule has 0 aliphatic carbocycles. The third kappa shape index (κ3) is 2.42. The molecule has 90 valence electrons. The highest BCUT2D eigenvalue weighted by Gasteiger charge is 2.18. The number of hydrogen-bond donors (Lipinski definition) is 2. The number of phenols is 1. The van der Waals surface area contributed by atoms with Crippen LogP contribution in [0.3, 0.4) is 0 Å². The predicted octanol–water partition coefficient (Wildman–Crippen LogP) is 2.81. The van der Waals surface area contributed by atoms with Gasteiger partial charge in [0.05, 0.1) is 7.11 Å². The molecule has 0 fully saturated rings. The summed E-state index contributed by atoms with van der Waals surface area (Å²) in [7, 11) is 1.54. The predicted molar refractivity (Wildman–Crippen MR) is 66.5 cm³/mol. The molecule has 0 aliphatic heterocycles. The number of rotatable bonds is 4. The summed E-state index contributed by atoms with van der Waals surface area (Å²) in [6, 6.07) is 1.90. The van der Waals surface area contributed by atoms with Gasteiger partial charge in [-0.25, -0.2) is 0 Å². The smallest absolute Gasteiger partial charge is 0.144 e. The molecule has 4 heteroatoms. The molecular weight excluding hydrogens is 226 g/mol. The number of aryl methyl sites for hydroxylation is 1. The van der Waals surface area contributed by atoms with Gasteiger partial charge in [-0.2, -0.15) is 0 Å². The van der Waals surface area contributed by atoms with E-state index in [2.05, 4.69) is 0 Å². The summed E-state index contributed by atoms with van der Waals surface area (Å²) in [4.78, 5) is 0. The van der Waals surface area contributed by atoms with Crippen molar-refractivity contribution in [2.75, 3.05) is 13.7 Å². The van der Waals surface area contributed by atoms with E-state index in [1.54, 1.807) is 0 Å². The molecule has 1 aromatic carbocycles. The van der Waals surface area contributed by atoms with Crippen LogP contribution in [0, 0.1) is 6.92 Å². The standard InChI is InChI=1S/C12H18ClNO2/c1-7(4-5-14)9-6-8(2)12(16-3)10(13)11(9)15/h6-7,15H,4-5,14H2,1-3H3. The van der Waals surface area contributed by atoms with Crippen molar-refractivity contribution in [1.29, 1.82) is 0 Å². The van der Waals surface area contributed by atoms with Crippen LogP contribution in [0.1, 0.15) is 30.4 Å². The summed E-state index contributed by atoms with van der Waals surface area (Å²) in [6.45, 7) is 4.51. The summed E-state index contributed by atoms with van der Waals surface area (Å²) >= 11 is 6.04. The molecule has 1 atom stereocenters. The van der Waals surface area contributed by atoms with E-state index in [9.17, 15) is 5.11 Å². The Hall–Kier alpha value is -0.930. The van der Waals surface area contributed by atoms with Gasteiger partial charge in [-0.1, -0.05) is 18.5 Å². The Kier molecular flexibility index (Phi) is 4.44. The summed E-state index contributed by atoms with van der Waals surface area (Å²) < 4.78 is 5.13. The van der Waals surface area contributed by atoms with E-state index in [0.29, 0.717) is 12.3 Å². The number of hydrogen-bond acceptors (Lipinski definition) is 3. The Morgan fingerprint density at radius 3 is 2.69 bits per heavy atom. The molecule has 0 saturated carbocycles. The SMILES string of the molecule is COc1c(C)cc(C(C)CCN)c(O)c1Cl. The molecule has 0 spiro atoms. The van der Waals surface area contributed by atoms with E-state index >= 15 is 0 Å². The van der Waals surface area contributed by atoms with E-state index < -0.39 is 0 Å². The highest BCUT2D eigenvalue weighted by atomic mass is 35.5. The largest absolute Gasteiger partial charge is 0.506 e. The fourth-order valence-corrected chi connectivity index (χ4v) is 2.14. The molecule has 1 aromatic rings. The summed E-state index contributed by atoms with van der Waals surface area (Å²) in [5.74, 6) is 0.819. The van der Waals surface area contributed by atoms with E-state index in [1.165, 1.54) is 7.11 Å². The molecule has 0 amide bonds. The number of methoxy groups -OCH3 is 1. The number of phenolic OH excluding ortho intramolecular Hbond substituents is 1. The average Bonchev–Trinajstić information content (AvgIpc) is 2.24. The topological polar surface area (TPSA) is 55.5 Å². The van der Waals surface area contributed by atoms with Gasteiger partial charge in [-0.3, -0.25) is 0 Å². The average molecular weight is 244 g/mol. The zero-order valence-electron chi connectivity index (χ0n) is 9.88. The van der Waals surface area contributed by atoms with Crippen molar-refractivity contribution in [3.05, 3.63) is 22.2 Å². The Morgan fingerprint density at radius 2 is 2.19 bits per heavy atom. The molecule has 0 saturated heterocycles. The van der Waals surface area contributed by atoms with Crippen LogP contribution in [0.5, 0.6) is 11.5 Å². The van der Waals surface area contributed by atoms with Crippen molar-refractivity contribution in [3.8, 4) is 11.5 Å². The van der Waals surface area contributed by atoms with Gasteiger partial charge in [-0.15, -0.1) is 0 Å². The first-order chi connectivity index (χ1) is 7.52. The number of nitrogens with two attached hydrogens (primary N) is 1. The van der Waals surface area contributed by atoms with Crippen molar-refractivity contribution in [3.63, 3.8) is 0 Å². The third-order valence-electron chi connectivity index (χ3n) is 2.75. The maximum Gasteiger partial charge on any atom is 0.144 e. The fourth-order valence-electron chi connectivity index (χ4n) is 1.81. The van der Waals surface area contributed by atoms with Crippen LogP contribution in [0.25, 0.3) is 0 Å². The Morgan fingerprint density at radius 1 is 1.56 bits per heavy atom. The second kappa shape index (κ2) is 5.41. The first-order valence-electron chi connectivity index (χ1n) is 5.28. The lowest BCUT2D eigenvalue weighted by Gasteiger charge is -2.17. The molecule has 16 heavy (non-hydrogen) atoms. The minimum Gasteiger partial charge on any atom is -0.506 e. The molecule has 0 aromatic heterocycles. The van der Waals surface area contributed by atoms with Crippen molar-refractivity contribution >= 4 is 11.6 Å². The first kappa shape index (κ1) is 13.1. The van der Waals surface area contributed by atoms with Crippen molar-refractivity contribution in [2.45, 2.75) is 26.2 Å². The quantitative estimate of drug-likeness (QED) is 0.855. The molecule has 1 rings (SSSR count). The van der Waals surface area contributed by atoms with Crippen LogP contribution in [-0.4, -0.2) is 18.8 Å². The number of aromatic hydroxyl groups is 1. The van der Waals surface area contributed by atoms with Crippen LogP contribution >= 0.6 is 11.6 Å². The number of benzene rings is 1. The Labute approximate surface area is 101 Å². The van der Waals surface area contributed by atoms with E-state index in [1.807, 2.05) is 19.9 Å². The molecule has 0 heterocycles. The minimum atomic E-state index is 0.102. The fraction of sp³-hybridized carbons (Fsp3) is 0.500. The van der Waals surface area contributed by atoms with Gasteiger partial charge in [0.25, 0.3) is 0 Å². The highest BCUT2D eigenvalue weighted by Crippen LogP contribution is 2.42. The lowest BCUT2D eigenvalue weighted by atomic mass is 9.95. The van der Waals surface area contributed by atoms with Crippen molar-refractivity contribution in [1.82, 2.24) is 0 Å². The maximum absolute atomic E-state index is 9.98. The summed E-state index contributed by atoms with van der Waals surface area (Å²) in [5.41, 5.74) is 7.26. The Balaban J connectivity index is 3.22. The molecule has 3 nitrogen and oxygen atoms in total. The molecule has 1 unspecified atom stereocenters. The monoisotopic (exact) mass is 243 g/mol. The highest BCUT2D eigenvalue weighted by molar-refractivity contribution is 6.33. The van der Waals surface area contributed by atoms with Gasteiger partial charge in [0.1, 0.15) is 16.5 Å². The molecule has 0 aliphatic rings. The molecule has 3 N–H and O–H groups in total. The van der Waals surface area contributed by atoms with Gasteiger partial charge in [0, 0.05) is 0 Å². The van der Waals surface area contributed by atoms with Gasteiger partial charge in [0.2, 0.25) is 0 Å². The molecular formula is C12H18ClNO2. The van der Waals surface area contributed by atoms with Crippen LogP contribution in [-0.2, 0) is 0 Å². The molecule has 0 radical (unpaired) electrons. The first-order valence-corrected chi connectivity index (χ1v) is 5.66. The van der Waals surface area contributed by atoms with Crippen LogP contribution in [0.4, 0.5) is 0 Å². The van der Waals surface area contributed by atoms with Crippen molar-refractivity contribution in [2.24, 2.45) is 5.73 Å². The van der Waals surface area contributed by atoms with E-state index in [-0.39, 0.29) is 16.7 Å². The van der Waals surface area contributed by atoms with Gasteiger partial charge in [0.15, 0.2) is 0 Å². The van der Waals surface area contributed by atoms with Crippen LogP contribution in [0.2, 0.25) is 5.02 Å². The van der Waals surface area contributed by atoms with Crippen LogP contribution in [0.15, 0.2) is 6.07 Å². The maximum atomic E-state index is 9.98. The number of ether oxygens (including phenoxy) is 1. The minimum absolute atomic E-state index is 0.102. The van der Waals surface area contributed by atoms with E-state index in [0.717, 1.165) is 17.5 Å². The molecule has 0 bridgehead atoms. The lowest BCUT2D eigenvalue weighted by molar-refractivity contribution is 0.402. The summed E-state index contributed by atoms with van der Waals surface area (Å²) in [5, 5.41) is 10.3. The normalized spacial score (nSPS) is 12.6. The van der Waals surface area contributed by atoms with Gasteiger partial charge in [-0.05, 0) is 43.0 Å². The summed E-state index contributed by atoms with van der Waals surface area (Å²) in [6.07, 6.45) is 0.815. The zero-order chi connectivity index (χ0) is 12.3. The lowest BCUT2D eigenvalue weighted by Crippen LogP contribution is -2.05. The number of halogens is 1. The second-order valence-electron chi connectivity index (χ2n) is 3.96. The van der Waals surface area contributed by atoms with Gasteiger partial charge >= 0.3 is 0 Å². The third-order valence-corrected chi connectivity index (χ3v) is 3.10. The Bertz CT molecular complexity index is 380. The van der Waals surface area contributed by atoms with Crippen LogP contribution < -0.4 is 10.5 Å².